The van der Waals surface area contributed by atoms with E-state index in [2.05, 4.69) is 6.07 Å². The van der Waals surface area contributed by atoms with Crippen molar-refractivity contribution in [3.05, 3.63) is 29.3 Å². The highest BCUT2D eigenvalue weighted by molar-refractivity contribution is 6.00. The van der Waals surface area contributed by atoms with Gasteiger partial charge in [0.1, 0.15) is 12.2 Å². The Morgan fingerprint density at radius 2 is 1.90 bits per heavy atom. The fourth-order valence-corrected chi connectivity index (χ4v) is 2.55. The lowest BCUT2D eigenvalue weighted by Gasteiger charge is -2.21. The maximum atomic E-state index is 11.8. The number of hydrogen-bond donors (Lipinski definition) is 0. The predicted octanol–water partition coefficient (Wildman–Crippen LogP) is 1.61. The second-order valence-electron chi connectivity index (χ2n) is 4.85. The van der Waals surface area contributed by atoms with E-state index < -0.39 is 0 Å². The number of methoxy groups -OCH3 is 2. The molecule has 0 saturated carbocycles. The van der Waals surface area contributed by atoms with Crippen molar-refractivity contribution in [2.24, 2.45) is 0 Å². The van der Waals surface area contributed by atoms with E-state index >= 15 is 0 Å². The van der Waals surface area contributed by atoms with Gasteiger partial charge in [-0.3, -0.25) is 4.79 Å². The summed E-state index contributed by atoms with van der Waals surface area (Å²) in [7, 11) is 3.30. The first kappa shape index (κ1) is 14.5. The van der Waals surface area contributed by atoms with Crippen LogP contribution in [0.3, 0.4) is 0 Å². The molecule has 106 valence electrons. The van der Waals surface area contributed by atoms with Crippen LogP contribution < -0.4 is 4.90 Å². The molecule has 0 aliphatic carbocycles. The SMILES string of the molecule is COC1CN(c2cc(C#N)ccc2C(C)=O)CC1OC. The van der Waals surface area contributed by atoms with Crippen molar-refractivity contribution in [2.45, 2.75) is 19.1 Å². The van der Waals surface area contributed by atoms with Crippen LogP contribution in [-0.4, -0.2) is 45.3 Å². The van der Waals surface area contributed by atoms with E-state index in [-0.39, 0.29) is 18.0 Å². The monoisotopic (exact) mass is 274 g/mol. The number of benzene rings is 1. The van der Waals surface area contributed by atoms with Crippen LogP contribution in [0.5, 0.6) is 0 Å². The summed E-state index contributed by atoms with van der Waals surface area (Å²) in [4.78, 5) is 13.8. The summed E-state index contributed by atoms with van der Waals surface area (Å²) in [5.41, 5.74) is 1.94. The Bertz CT molecular complexity index is 539. The fourth-order valence-electron chi connectivity index (χ4n) is 2.55. The Kier molecular flexibility index (Phi) is 4.38. The lowest BCUT2D eigenvalue weighted by Crippen LogP contribution is -2.27. The molecule has 0 amide bonds. The molecule has 20 heavy (non-hydrogen) atoms. The van der Waals surface area contributed by atoms with E-state index in [4.69, 9.17) is 14.7 Å². The molecule has 2 unspecified atom stereocenters. The Morgan fingerprint density at radius 1 is 1.30 bits per heavy atom. The number of carbonyl (C=O) groups is 1. The lowest BCUT2D eigenvalue weighted by molar-refractivity contribution is -0.00461. The number of ether oxygens (including phenoxy) is 2. The smallest absolute Gasteiger partial charge is 0.161 e. The van der Waals surface area contributed by atoms with Crippen LogP contribution in [-0.2, 0) is 9.47 Å². The minimum Gasteiger partial charge on any atom is -0.377 e. The zero-order chi connectivity index (χ0) is 14.7. The van der Waals surface area contributed by atoms with Crippen LogP contribution in [0.1, 0.15) is 22.8 Å². The van der Waals surface area contributed by atoms with Gasteiger partial charge in [0.05, 0.1) is 11.6 Å². The van der Waals surface area contributed by atoms with Crippen molar-refractivity contribution in [1.82, 2.24) is 0 Å². The number of nitriles is 1. The van der Waals surface area contributed by atoms with Crippen LogP contribution in [0.25, 0.3) is 0 Å². The van der Waals surface area contributed by atoms with E-state index in [9.17, 15) is 4.79 Å². The first-order chi connectivity index (χ1) is 9.60. The molecule has 2 rings (SSSR count). The molecule has 0 spiro atoms. The molecule has 1 heterocycles. The molecule has 1 fully saturated rings. The summed E-state index contributed by atoms with van der Waals surface area (Å²) in [5.74, 6) is -0.0145. The summed E-state index contributed by atoms with van der Waals surface area (Å²) in [6, 6.07) is 7.23. The van der Waals surface area contributed by atoms with E-state index in [0.717, 1.165) is 5.69 Å². The molecule has 0 radical (unpaired) electrons. The van der Waals surface area contributed by atoms with Crippen molar-refractivity contribution >= 4 is 11.5 Å². The highest BCUT2D eigenvalue weighted by Gasteiger charge is 2.34. The highest BCUT2D eigenvalue weighted by atomic mass is 16.5. The largest absolute Gasteiger partial charge is 0.377 e. The van der Waals surface area contributed by atoms with Gasteiger partial charge in [0.25, 0.3) is 0 Å². The van der Waals surface area contributed by atoms with Crippen molar-refractivity contribution in [1.29, 1.82) is 5.26 Å². The maximum Gasteiger partial charge on any atom is 0.161 e. The van der Waals surface area contributed by atoms with E-state index in [1.54, 1.807) is 32.4 Å². The van der Waals surface area contributed by atoms with Gasteiger partial charge in [-0.1, -0.05) is 0 Å². The molecular weight excluding hydrogens is 256 g/mol. The molecule has 1 saturated heterocycles. The number of hydrogen-bond acceptors (Lipinski definition) is 5. The topological polar surface area (TPSA) is 62.6 Å². The van der Waals surface area contributed by atoms with E-state index in [1.165, 1.54) is 6.92 Å². The van der Waals surface area contributed by atoms with Gasteiger partial charge in [-0.15, -0.1) is 0 Å². The normalized spacial score (nSPS) is 21.8. The molecule has 1 aromatic carbocycles. The Hall–Kier alpha value is -1.90. The first-order valence-electron chi connectivity index (χ1n) is 6.46. The molecule has 1 aliphatic heterocycles. The van der Waals surface area contributed by atoms with Gasteiger partial charge in [0.2, 0.25) is 0 Å². The standard InChI is InChI=1S/C15H18N2O3/c1-10(18)12-5-4-11(7-16)6-13(12)17-8-14(19-2)15(9-17)20-3/h4-6,14-15H,8-9H2,1-3H3. The third-order valence-electron chi connectivity index (χ3n) is 3.67. The zero-order valence-corrected chi connectivity index (χ0v) is 11.9. The van der Waals surface area contributed by atoms with Gasteiger partial charge in [0, 0.05) is 38.6 Å². The van der Waals surface area contributed by atoms with Gasteiger partial charge < -0.3 is 14.4 Å². The molecule has 0 aromatic heterocycles. The number of nitrogens with zero attached hydrogens (tertiary/aromatic N) is 2. The first-order valence-corrected chi connectivity index (χ1v) is 6.46. The Balaban J connectivity index is 2.37. The van der Waals surface area contributed by atoms with Crippen molar-refractivity contribution in [3.8, 4) is 6.07 Å². The van der Waals surface area contributed by atoms with Gasteiger partial charge in [0.15, 0.2) is 5.78 Å². The summed E-state index contributed by atoms with van der Waals surface area (Å²) < 4.78 is 10.8. The van der Waals surface area contributed by atoms with Crippen LogP contribution >= 0.6 is 0 Å². The molecule has 0 N–H and O–H groups in total. The minimum atomic E-state index is -0.0365. The second kappa shape index (κ2) is 6.04. The minimum absolute atomic E-state index is 0.0145. The number of ketones is 1. The summed E-state index contributed by atoms with van der Waals surface area (Å²) >= 11 is 0. The van der Waals surface area contributed by atoms with Gasteiger partial charge in [-0.2, -0.15) is 5.26 Å². The second-order valence-corrected chi connectivity index (χ2v) is 4.85. The van der Waals surface area contributed by atoms with Gasteiger partial charge >= 0.3 is 0 Å². The van der Waals surface area contributed by atoms with Crippen molar-refractivity contribution in [2.75, 3.05) is 32.2 Å². The highest BCUT2D eigenvalue weighted by Crippen LogP contribution is 2.28. The number of rotatable bonds is 4. The number of Topliss-reactive ketones (excluding diaryl/α,β-unsaturated/α-hetero) is 1. The summed E-state index contributed by atoms with van der Waals surface area (Å²) in [6.07, 6.45) is -0.0731. The molecule has 5 heteroatoms. The van der Waals surface area contributed by atoms with Crippen LogP contribution in [0.2, 0.25) is 0 Å². The molecule has 2 atom stereocenters. The number of anilines is 1. The molecule has 1 aliphatic rings. The maximum absolute atomic E-state index is 11.8. The van der Waals surface area contributed by atoms with Crippen LogP contribution in [0.4, 0.5) is 5.69 Å². The quantitative estimate of drug-likeness (QED) is 0.781. The Morgan fingerprint density at radius 3 is 2.35 bits per heavy atom. The predicted molar refractivity (Wildman–Crippen MR) is 75.0 cm³/mol. The molecule has 0 bridgehead atoms. The number of carbonyl (C=O) groups excluding carboxylic acids is 1. The van der Waals surface area contributed by atoms with Gasteiger partial charge in [-0.05, 0) is 25.1 Å². The lowest BCUT2D eigenvalue weighted by atomic mass is 10.1. The van der Waals surface area contributed by atoms with Crippen LogP contribution in [0, 0.1) is 11.3 Å². The van der Waals surface area contributed by atoms with E-state index in [0.29, 0.717) is 24.2 Å². The summed E-state index contributed by atoms with van der Waals surface area (Å²) in [6.45, 7) is 2.82. The summed E-state index contributed by atoms with van der Waals surface area (Å²) in [5, 5.41) is 9.03. The van der Waals surface area contributed by atoms with Crippen molar-refractivity contribution in [3.63, 3.8) is 0 Å². The average Bonchev–Trinajstić information content (AvgIpc) is 2.89. The third kappa shape index (κ3) is 2.67. The fraction of sp³-hybridized carbons (Fsp3) is 0.467. The average molecular weight is 274 g/mol. The molecule has 5 nitrogen and oxygen atoms in total. The van der Waals surface area contributed by atoms with E-state index in [1.807, 2.05) is 4.90 Å². The molecule has 1 aromatic rings. The molecular formula is C15H18N2O3. The zero-order valence-electron chi connectivity index (χ0n) is 11.9. The Labute approximate surface area is 118 Å². The third-order valence-corrected chi connectivity index (χ3v) is 3.67. The van der Waals surface area contributed by atoms with Gasteiger partial charge in [-0.25, -0.2) is 0 Å². The van der Waals surface area contributed by atoms with Crippen molar-refractivity contribution < 1.29 is 14.3 Å². The van der Waals surface area contributed by atoms with Crippen LogP contribution in [0.15, 0.2) is 18.2 Å².